The van der Waals surface area contributed by atoms with Gasteiger partial charge in [-0.15, -0.1) is 0 Å². The van der Waals surface area contributed by atoms with Crippen LogP contribution >= 0.6 is 11.6 Å². The summed E-state index contributed by atoms with van der Waals surface area (Å²) in [4.78, 5) is 2.29. The zero-order valence-electron chi connectivity index (χ0n) is 16.3. The molecule has 26 heavy (non-hydrogen) atoms. The quantitative estimate of drug-likeness (QED) is 0.733. The van der Waals surface area contributed by atoms with Crippen molar-refractivity contribution in [1.82, 2.24) is 4.90 Å². The van der Waals surface area contributed by atoms with Crippen molar-refractivity contribution in [1.29, 1.82) is 0 Å². The molecule has 1 fully saturated rings. The van der Waals surface area contributed by atoms with Crippen molar-refractivity contribution in [2.24, 2.45) is 0 Å². The van der Waals surface area contributed by atoms with Crippen molar-refractivity contribution in [2.75, 3.05) is 7.05 Å². The van der Waals surface area contributed by atoms with E-state index in [1.165, 1.54) is 11.1 Å². The Morgan fingerprint density at radius 2 is 1.46 bits per heavy atom. The van der Waals surface area contributed by atoms with E-state index >= 15 is 0 Å². The van der Waals surface area contributed by atoms with E-state index in [1.54, 1.807) is 0 Å². The Morgan fingerprint density at radius 3 is 2.08 bits per heavy atom. The predicted molar refractivity (Wildman–Crippen MR) is 109 cm³/mol. The molecule has 0 aliphatic carbocycles. The first kappa shape index (κ1) is 19.4. The molecule has 1 heterocycles. The third kappa shape index (κ3) is 4.15. The third-order valence-corrected chi connectivity index (χ3v) is 5.62. The number of nitrogens with zero attached hydrogens (tertiary/aromatic N) is 1. The van der Waals surface area contributed by atoms with Gasteiger partial charge in [-0.1, -0.05) is 48.0 Å². The van der Waals surface area contributed by atoms with Crippen LogP contribution in [0.4, 0.5) is 0 Å². The molecule has 0 saturated carbocycles. The number of halogens is 1. The molecule has 2 aromatic carbocycles. The lowest BCUT2D eigenvalue weighted by atomic mass is 9.76. The molecule has 0 spiro atoms. The molecule has 1 aliphatic heterocycles. The van der Waals surface area contributed by atoms with Gasteiger partial charge in [0.1, 0.15) is 0 Å². The van der Waals surface area contributed by atoms with Crippen LogP contribution in [0.2, 0.25) is 5.02 Å². The summed E-state index contributed by atoms with van der Waals surface area (Å²) in [6.07, 6.45) is 0. The minimum atomic E-state index is -0.333. The smallest absolute Gasteiger partial charge is 0.399 e. The maximum Gasteiger partial charge on any atom is 0.495 e. The molecule has 3 rings (SSSR count). The van der Waals surface area contributed by atoms with Crippen molar-refractivity contribution in [3.63, 3.8) is 0 Å². The Bertz CT molecular complexity index is 745. The van der Waals surface area contributed by atoms with E-state index in [0.29, 0.717) is 0 Å². The van der Waals surface area contributed by atoms with Gasteiger partial charge in [-0.3, -0.25) is 4.90 Å². The van der Waals surface area contributed by atoms with Crippen molar-refractivity contribution in [3.05, 3.63) is 64.7 Å². The average Bonchev–Trinajstić information content (AvgIpc) is 2.78. The molecule has 2 aromatic rings. The van der Waals surface area contributed by atoms with Crippen LogP contribution in [0, 0.1) is 0 Å². The second-order valence-corrected chi connectivity index (χ2v) is 8.52. The van der Waals surface area contributed by atoms with Gasteiger partial charge in [0.15, 0.2) is 0 Å². The van der Waals surface area contributed by atoms with Crippen LogP contribution in [0.25, 0.3) is 0 Å². The monoisotopic (exact) mass is 371 g/mol. The van der Waals surface area contributed by atoms with Crippen molar-refractivity contribution in [2.45, 2.75) is 52.0 Å². The Hall–Kier alpha value is -1.33. The molecule has 5 heteroatoms. The molecule has 138 valence electrons. The minimum absolute atomic E-state index is 0.333. The van der Waals surface area contributed by atoms with E-state index in [1.807, 2.05) is 18.2 Å². The van der Waals surface area contributed by atoms with Crippen molar-refractivity contribution >= 4 is 24.2 Å². The molecule has 1 saturated heterocycles. The normalized spacial score (nSPS) is 18.5. The largest absolute Gasteiger partial charge is 0.495 e. The third-order valence-electron chi connectivity index (χ3n) is 5.37. The Morgan fingerprint density at radius 1 is 0.885 bits per heavy atom. The maximum absolute atomic E-state index is 6.25. The highest BCUT2D eigenvalue weighted by atomic mass is 35.5. The van der Waals surface area contributed by atoms with E-state index in [0.717, 1.165) is 23.6 Å². The molecule has 1 aliphatic rings. The SMILES string of the molecule is CN(Cc1ccc(Cl)cc1)Cc1ccccc1B1OC(C)(C)C(C)(C)O1. The summed E-state index contributed by atoms with van der Waals surface area (Å²) in [5.41, 5.74) is 2.90. The number of benzene rings is 2. The summed E-state index contributed by atoms with van der Waals surface area (Å²) in [7, 11) is 1.79. The maximum atomic E-state index is 6.25. The molecular formula is C21H27BClNO2. The zero-order chi connectivity index (χ0) is 18.9. The second kappa shape index (κ2) is 7.36. The zero-order valence-corrected chi connectivity index (χ0v) is 17.0. The van der Waals surface area contributed by atoms with Crippen molar-refractivity contribution in [3.8, 4) is 0 Å². The fourth-order valence-corrected chi connectivity index (χ4v) is 3.25. The lowest BCUT2D eigenvalue weighted by Gasteiger charge is -2.32. The fraction of sp³-hybridized carbons (Fsp3) is 0.429. The molecule has 0 radical (unpaired) electrons. The molecule has 0 unspecified atom stereocenters. The first-order valence-electron chi connectivity index (χ1n) is 9.04. The molecular weight excluding hydrogens is 345 g/mol. The van der Waals surface area contributed by atoms with Gasteiger partial charge in [0.2, 0.25) is 0 Å². The summed E-state index contributed by atoms with van der Waals surface area (Å²) < 4.78 is 12.5. The average molecular weight is 372 g/mol. The van der Waals surface area contributed by atoms with Gasteiger partial charge in [-0.25, -0.2) is 0 Å². The number of hydrogen-bond acceptors (Lipinski definition) is 3. The van der Waals surface area contributed by atoms with Crippen LogP contribution < -0.4 is 5.46 Å². The minimum Gasteiger partial charge on any atom is -0.399 e. The van der Waals surface area contributed by atoms with E-state index in [-0.39, 0.29) is 18.3 Å². The summed E-state index contributed by atoms with van der Waals surface area (Å²) in [6, 6.07) is 16.4. The Balaban J connectivity index is 1.74. The van der Waals surface area contributed by atoms with Gasteiger partial charge in [-0.2, -0.15) is 0 Å². The molecule has 0 aromatic heterocycles. The number of hydrogen-bond donors (Lipinski definition) is 0. The van der Waals surface area contributed by atoms with Gasteiger partial charge in [0, 0.05) is 18.1 Å². The highest BCUT2D eigenvalue weighted by molar-refractivity contribution is 6.62. The Kier molecular flexibility index (Phi) is 5.50. The summed E-state index contributed by atoms with van der Waals surface area (Å²) in [6.45, 7) is 10.0. The van der Waals surface area contributed by atoms with E-state index in [2.05, 4.69) is 70.0 Å². The van der Waals surface area contributed by atoms with Gasteiger partial charge in [0.05, 0.1) is 11.2 Å². The first-order valence-corrected chi connectivity index (χ1v) is 9.42. The Labute approximate surface area is 162 Å². The van der Waals surface area contributed by atoms with Crippen LogP contribution in [-0.4, -0.2) is 30.3 Å². The lowest BCUT2D eigenvalue weighted by molar-refractivity contribution is 0.00578. The van der Waals surface area contributed by atoms with Gasteiger partial charge >= 0.3 is 7.12 Å². The standard InChI is InChI=1S/C21H27BClNO2/c1-20(2)21(3,4)26-22(25-20)19-9-7-6-8-17(19)15-24(5)14-16-10-12-18(23)13-11-16/h6-13H,14-15H2,1-5H3. The molecule has 0 amide bonds. The summed E-state index contributed by atoms with van der Waals surface area (Å²) >= 11 is 5.98. The topological polar surface area (TPSA) is 21.7 Å². The first-order chi connectivity index (χ1) is 12.2. The number of rotatable bonds is 5. The summed E-state index contributed by atoms with van der Waals surface area (Å²) in [5.74, 6) is 0. The van der Waals surface area contributed by atoms with Crippen LogP contribution in [0.5, 0.6) is 0 Å². The molecule has 0 atom stereocenters. The predicted octanol–water partition coefficient (Wildman–Crippen LogP) is 4.27. The molecule has 3 nitrogen and oxygen atoms in total. The summed E-state index contributed by atoms with van der Waals surface area (Å²) in [5, 5.41) is 0.766. The highest BCUT2D eigenvalue weighted by Gasteiger charge is 2.52. The van der Waals surface area contributed by atoms with Crippen LogP contribution in [-0.2, 0) is 22.4 Å². The van der Waals surface area contributed by atoms with Crippen LogP contribution in [0.15, 0.2) is 48.5 Å². The highest BCUT2D eigenvalue weighted by Crippen LogP contribution is 2.36. The van der Waals surface area contributed by atoms with Gasteiger partial charge in [0.25, 0.3) is 0 Å². The van der Waals surface area contributed by atoms with Crippen LogP contribution in [0.3, 0.4) is 0 Å². The van der Waals surface area contributed by atoms with Gasteiger partial charge < -0.3 is 9.31 Å². The second-order valence-electron chi connectivity index (χ2n) is 8.09. The van der Waals surface area contributed by atoms with Crippen molar-refractivity contribution < 1.29 is 9.31 Å². The van der Waals surface area contributed by atoms with Crippen LogP contribution in [0.1, 0.15) is 38.8 Å². The molecule has 0 N–H and O–H groups in total. The molecule has 0 bridgehead atoms. The van der Waals surface area contributed by atoms with E-state index in [9.17, 15) is 0 Å². The lowest BCUT2D eigenvalue weighted by Crippen LogP contribution is -2.41. The fourth-order valence-electron chi connectivity index (χ4n) is 3.13. The van der Waals surface area contributed by atoms with Gasteiger partial charge in [-0.05, 0) is 63.5 Å². The van der Waals surface area contributed by atoms with E-state index < -0.39 is 0 Å². The van der Waals surface area contributed by atoms with E-state index in [4.69, 9.17) is 20.9 Å².